The summed E-state index contributed by atoms with van der Waals surface area (Å²) >= 11 is 3.41. The Balaban J connectivity index is 2.28. The van der Waals surface area contributed by atoms with Crippen LogP contribution in [0.3, 0.4) is 0 Å². The van der Waals surface area contributed by atoms with Crippen LogP contribution < -0.4 is 10.6 Å². The van der Waals surface area contributed by atoms with Gasteiger partial charge in [0.2, 0.25) is 0 Å². The molecular formula is C13H19BrN2O2S. The zero-order valence-corrected chi connectivity index (χ0v) is 13.6. The molecule has 0 fully saturated rings. The highest BCUT2D eigenvalue weighted by Crippen LogP contribution is 2.15. The molecule has 106 valence electrons. The minimum atomic E-state index is -0.795. The van der Waals surface area contributed by atoms with Crippen LogP contribution in [0, 0.1) is 6.92 Å². The summed E-state index contributed by atoms with van der Waals surface area (Å²) in [6, 6.07) is 5.77. The Morgan fingerprint density at radius 2 is 2.11 bits per heavy atom. The van der Waals surface area contributed by atoms with Gasteiger partial charge in [0.05, 0.1) is 0 Å². The van der Waals surface area contributed by atoms with E-state index in [1.165, 1.54) is 0 Å². The van der Waals surface area contributed by atoms with Crippen LogP contribution in [0.2, 0.25) is 0 Å². The predicted octanol–water partition coefficient (Wildman–Crippen LogP) is 2.33. The molecule has 1 aromatic rings. The minimum absolute atomic E-state index is 0.191. The highest BCUT2D eigenvalue weighted by atomic mass is 79.9. The number of halogens is 1. The Kier molecular flexibility index (Phi) is 7.09. The summed E-state index contributed by atoms with van der Waals surface area (Å²) < 4.78 is 11.9. The number of amides is 2. The highest BCUT2D eigenvalue weighted by molar-refractivity contribution is 9.10. The third-order valence-electron chi connectivity index (χ3n) is 2.64. The second-order valence-electron chi connectivity index (χ2n) is 4.31. The molecule has 1 atom stereocenters. The van der Waals surface area contributed by atoms with Crippen molar-refractivity contribution in [3.63, 3.8) is 0 Å². The lowest BCUT2D eigenvalue weighted by Gasteiger charge is -2.09. The first-order valence-corrected chi connectivity index (χ1v) is 8.58. The predicted molar refractivity (Wildman–Crippen MR) is 82.7 cm³/mol. The van der Waals surface area contributed by atoms with Gasteiger partial charge in [-0.25, -0.2) is 4.79 Å². The van der Waals surface area contributed by atoms with Gasteiger partial charge >= 0.3 is 6.03 Å². The molecule has 0 heterocycles. The summed E-state index contributed by atoms with van der Waals surface area (Å²) in [5, 5.41) is 5.55. The molecule has 0 aromatic heterocycles. The number of carbonyl (C=O) groups excluding carboxylic acids is 1. The fraction of sp³-hybridized carbons (Fsp3) is 0.462. The van der Waals surface area contributed by atoms with E-state index in [0.717, 1.165) is 22.0 Å². The molecule has 0 aliphatic carbocycles. The maximum absolute atomic E-state index is 11.5. The maximum Gasteiger partial charge on any atom is 0.315 e. The van der Waals surface area contributed by atoms with Crippen molar-refractivity contribution < 1.29 is 9.00 Å². The normalized spacial score (nSPS) is 11.9. The monoisotopic (exact) mass is 346 g/mol. The summed E-state index contributed by atoms with van der Waals surface area (Å²) in [5.41, 5.74) is 2.23. The van der Waals surface area contributed by atoms with E-state index in [-0.39, 0.29) is 6.03 Å². The van der Waals surface area contributed by atoms with Crippen LogP contribution in [0.15, 0.2) is 22.7 Å². The number of benzene rings is 1. The summed E-state index contributed by atoms with van der Waals surface area (Å²) in [7, 11) is -0.795. The molecule has 2 amide bonds. The number of urea groups is 1. The van der Waals surface area contributed by atoms with E-state index in [9.17, 15) is 9.00 Å². The molecule has 0 aliphatic rings. The van der Waals surface area contributed by atoms with Crippen molar-refractivity contribution in [2.45, 2.75) is 19.9 Å². The molecule has 0 saturated heterocycles. The molecule has 0 aliphatic heterocycles. The second-order valence-corrected chi connectivity index (χ2v) is 6.78. The Labute approximate surface area is 124 Å². The molecule has 0 bridgehead atoms. The molecule has 19 heavy (non-hydrogen) atoms. The summed E-state index contributed by atoms with van der Waals surface area (Å²) in [4.78, 5) is 11.5. The van der Waals surface area contributed by atoms with Gasteiger partial charge in [-0.05, 0) is 36.6 Å². The summed E-state index contributed by atoms with van der Waals surface area (Å²) in [6.45, 7) is 3.06. The van der Waals surface area contributed by atoms with E-state index in [1.807, 2.05) is 25.1 Å². The summed E-state index contributed by atoms with van der Waals surface area (Å²) in [6.07, 6.45) is 2.39. The minimum Gasteiger partial charge on any atom is -0.338 e. The first kappa shape index (κ1) is 16.2. The fourth-order valence-electron chi connectivity index (χ4n) is 1.57. The van der Waals surface area contributed by atoms with E-state index in [0.29, 0.717) is 18.8 Å². The third-order valence-corrected chi connectivity index (χ3v) is 4.00. The van der Waals surface area contributed by atoms with Crippen molar-refractivity contribution in [3.8, 4) is 0 Å². The van der Waals surface area contributed by atoms with Crippen molar-refractivity contribution in [1.82, 2.24) is 10.6 Å². The number of hydrogen-bond acceptors (Lipinski definition) is 2. The number of hydrogen-bond donors (Lipinski definition) is 2. The van der Waals surface area contributed by atoms with Crippen molar-refractivity contribution in [1.29, 1.82) is 0 Å². The zero-order valence-electron chi connectivity index (χ0n) is 11.2. The molecule has 2 N–H and O–H groups in total. The lowest BCUT2D eigenvalue weighted by molar-refractivity contribution is 0.240. The van der Waals surface area contributed by atoms with Crippen LogP contribution in [-0.4, -0.2) is 28.8 Å². The molecule has 4 nitrogen and oxygen atoms in total. The molecule has 0 radical (unpaired) electrons. The number of carbonyl (C=O) groups is 1. The van der Waals surface area contributed by atoms with E-state index < -0.39 is 10.8 Å². The van der Waals surface area contributed by atoms with Gasteiger partial charge in [0, 0.05) is 40.4 Å². The summed E-state index contributed by atoms with van der Waals surface area (Å²) in [5.74, 6) is 0.617. The Hall–Kier alpha value is -0.880. The van der Waals surface area contributed by atoms with Crippen LogP contribution in [0.25, 0.3) is 0 Å². The van der Waals surface area contributed by atoms with E-state index in [1.54, 1.807) is 6.26 Å². The smallest absolute Gasteiger partial charge is 0.315 e. The third kappa shape index (κ3) is 6.73. The molecule has 0 spiro atoms. The van der Waals surface area contributed by atoms with E-state index >= 15 is 0 Å². The highest BCUT2D eigenvalue weighted by Gasteiger charge is 2.03. The average molecular weight is 347 g/mol. The molecular weight excluding hydrogens is 328 g/mol. The van der Waals surface area contributed by atoms with Gasteiger partial charge < -0.3 is 10.6 Å². The average Bonchev–Trinajstić information content (AvgIpc) is 2.33. The largest absolute Gasteiger partial charge is 0.338 e. The van der Waals surface area contributed by atoms with Gasteiger partial charge in [-0.3, -0.25) is 4.21 Å². The van der Waals surface area contributed by atoms with Crippen LogP contribution in [0.5, 0.6) is 0 Å². The van der Waals surface area contributed by atoms with Crippen molar-refractivity contribution in [2.24, 2.45) is 0 Å². The first-order chi connectivity index (χ1) is 8.99. The standard InChI is InChI=1S/C13H19BrN2O2S/c1-10-8-12(14)5-4-11(10)9-16-13(17)15-6-3-7-19(2)18/h4-5,8H,3,6-7,9H2,1-2H3,(H2,15,16,17). The number of rotatable bonds is 6. The lowest BCUT2D eigenvalue weighted by atomic mass is 10.1. The van der Waals surface area contributed by atoms with E-state index in [2.05, 4.69) is 26.6 Å². The molecule has 1 aromatic carbocycles. The SMILES string of the molecule is Cc1cc(Br)ccc1CNC(=O)NCCCS(C)=O. The van der Waals surface area contributed by atoms with Crippen LogP contribution >= 0.6 is 15.9 Å². The molecule has 0 saturated carbocycles. The molecule has 1 rings (SSSR count). The van der Waals surface area contributed by atoms with Gasteiger partial charge in [-0.2, -0.15) is 0 Å². The Bertz CT molecular complexity index is 466. The van der Waals surface area contributed by atoms with E-state index in [4.69, 9.17) is 0 Å². The maximum atomic E-state index is 11.5. The fourth-order valence-corrected chi connectivity index (χ4v) is 2.60. The molecule has 6 heteroatoms. The zero-order chi connectivity index (χ0) is 14.3. The lowest BCUT2D eigenvalue weighted by Crippen LogP contribution is -2.36. The van der Waals surface area contributed by atoms with Crippen molar-refractivity contribution in [3.05, 3.63) is 33.8 Å². The van der Waals surface area contributed by atoms with Gasteiger partial charge in [0.1, 0.15) is 0 Å². The quantitative estimate of drug-likeness (QED) is 0.776. The molecule has 1 unspecified atom stereocenters. The van der Waals surface area contributed by atoms with Crippen LogP contribution in [-0.2, 0) is 17.3 Å². The van der Waals surface area contributed by atoms with Gasteiger partial charge in [0.15, 0.2) is 0 Å². The topological polar surface area (TPSA) is 58.2 Å². The van der Waals surface area contributed by atoms with Crippen LogP contribution in [0.1, 0.15) is 17.5 Å². The van der Waals surface area contributed by atoms with Crippen LogP contribution in [0.4, 0.5) is 4.79 Å². The Morgan fingerprint density at radius 3 is 2.74 bits per heavy atom. The van der Waals surface area contributed by atoms with Crippen molar-refractivity contribution in [2.75, 3.05) is 18.6 Å². The van der Waals surface area contributed by atoms with Gasteiger partial charge in [0.25, 0.3) is 0 Å². The number of nitrogens with one attached hydrogen (secondary N) is 2. The van der Waals surface area contributed by atoms with Gasteiger partial charge in [-0.15, -0.1) is 0 Å². The van der Waals surface area contributed by atoms with Gasteiger partial charge in [-0.1, -0.05) is 22.0 Å². The first-order valence-electron chi connectivity index (χ1n) is 6.06. The van der Waals surface area contributed by atoms with Crippen molar-refractivity contribution >= 4 is 32.8 Å². The second kappa shape index (κ2) is 8.32. The Morgan fingerprint density at radius 1 is 1.37 bits per heavy atom. The number of aryl methyl sites for hydroxylation is 1.